The van der Waals surface area contributed by atoms with Crippen molar-refractivity contribution in [1.82, 2.24) is 0 Å². The molecule has 0 radical (unpaired) electrons. The van der Waals surface area contributed by atoms with E-state index in [1.54, 1.807) is 24.3 Å². The first-order valence-corrected chi connectivity index (χ1v) is 6.91. The average Bonchev–Trinajstić information content (AvgIpc) is 2.86. The smallest absolute Gasteiger partial charge is 0.231 e. The Morgan fingerprint density at radius 2 is 1.87 bits per heavy atom. The number of allylic oxidation sites excluding steroid dienone is 1. The Hall–Kier alpha value is -3.34. The number of phenolic OH excluding ortho intramolecular Hbond substituents is 1. The molecule has 4 rings (SSSR count). The van der Waals surface area contributed by atoms with Crippen molar-refractivity contribution < 1.29 is 19.1 Å². The van der Waals surface area contributed by atoms with E-state index < -0.39 is 0 Å². The third-order valence-corrected chi connectivity index (χ3v) is 3.65. The minimum Gasteiger partial charge on any atom is -0.508 e. The molecule has 23 heavy (non-hydrogen) atoms. The van der Waals surface area contributed by atoms with Crippen molar-refractivity contribution in [3.63, 3.8) is 0 Å². The molecule has 1 N–H and O–H groups in total. The molecular weight excluding hydrogens is 296 g/mol. The first kappa shape index (κ1) is 13.3. The molecule has 0 bridgehead atoms. The zero-order valence-corrected chi connectivity index (χ0v) is 11.8. The molecule has 2 heterocycles. The second-order valence-corrected chi connectivity index (χ2v) is 5.14. The molecule has 1 aliphatic rings. The van der Waals surface area contributed by atoms with Crippen molar-refractivity contribution in [2.75, 3.05) is 0 Å². The van der Waals surface area contributed by atoms with Crippen molar-refractivity contribution in [1.29, 1.82) is 0 Å². The minimum absolute atomic E-state index is 0.00280. The van der Waals surface area contributed by atoms with Gasteiger partial charge in [0.1, 0.15) is 23.3 Å². The lowest BCUT2D eigenvalue weighted by Gasteiger charge is -2.00. The van der Waals surface area contributed by atoms with Crippen LogP contribution in [0.3, 0.4) is 0 Å². The fraction of sp³-hybridized carbons (Fsp3) is 0. The van der Waals surface area contributed by atoms with Crippen LogP contribution in [0, 0.1) is 0 Å². The van der Waals surface area contributed by atoms with Gasteiger partial charge in [-0.3, -0.25) is 9.59 Å². The van der Waals surface area contributed by atoms with Crippen LogP contribution in [0.15, 0.2) is 63.7 Å². The number of ether oxygens (including phenoxy) is 1. The highest BCUT2D eigenvalue weighted by molar-refractivity contribution is 6.14. The normalized spacial score (nSPS) is 15.0. The number of aromatic hydroxyl groups is 1. The lowest BCUT2D eigenvalue weighted by molar-refractivity contribution is 0.101. The van der Waals surface area contributed by atoms with Gasteiger partial charge in [0.2, 0.25) is 5.78 Å². The SMILES string of the molecule is O=C1/C(=C\c2coc3ccccc3c2=O)Oc2cc(O)ccc21. The Balaban J connectivity index is 1.82. The lowest BCUT2D eigenvalue weighted by atomic mass is 10.1. The predicted molar refractivity (Wildman–Crippen MR) is 83.5 cm³/mol. The minimum atomic E-state index is -0.340. The Morgan fingerprint density at radius 1 is 1.04 bits per heavy atom. The number of fused-ring (bicyclic) bond motifs is 2. The molecule has 0 saturated heterocycles. The number of benzene rings is 2. The molecule has 3 aromatic rings. The van der Waals surface area contributed by atoms with Gasteiger partial charge in [-0.2, -0.15) is 0 Å². The number of ketones is 1. The number of hydrogen-bond acceptors (Lipinski definition) is 5. The summed E-state index contributed by atoms with van der Waals surface area (Å²) in [7, 11) is 0. The summed E-state index contributed by atoms with van der Waals surface area (Å²) in [5.41, 5.74) is 0.810. The molecule has 0 aliphatic carbocycles. The highest BCUT2D eigenvalue weighted by Gasteiger charge is 2.27. The van der Waals surface area contributed by atoms with Crippen LogP contribution < -0.4 is 10.2 Å². The number of Topliss-reactive ketones (excluding diaryl/α,β-unsaturated/α-hetero) is 1. The van der Waals surface area contributed by atoms with E-state index in [1.807, 2.05) is 0 Å². The third kappa shape index (κ3) is 2.10. The van der Waals surface area contributed by atoms with E-state index in [1.165, 1.54) is 30.5 Å². The molecule has 1 aromatic heterocycles. The Labute approximate surface area is 130 Å². The molecule has 5 heteroatoms. The van der Waals surface area contributed by atoms with Crippen LogP contribution in [-0.2, 0) is 0 Å². The van der Waals surface area contributed by atoms with Gasteiger partial charge in [-0.1, -0.05) is 12.1 Å². The first-order valence-electron chi connectivity index (χ1n) is 6.91. The second-order valence-electron chi connectivity index (χ2n) is 5.14. The Morgan fingerprint density at radius 3 is 2.74 bits per heavy atom. The van der Waals surface area contributed by atoms with Gasteiger partial charge in [0.05, 0.1) is 16.5 Å². The van der Waals surface area contributed by atoms with Crippen LogP contribution in [0.25, 0.3) is 17.0 Å². The van der Waals surface area contributed by atoms with Crippen LogP contribution in [0.1, 0.15) is 15.9 Å². The fourth-order valence-electron chi connectivity index (χ4n) is 2.51. The van der Waals surface area contributed by atoms with Crippen molar-refractivity contribution in [2.45, 2.75) is 0 Å². The van der Waals surface area contributed by atoms with Crippen molar-refractivity contribution >= 4 is 22.8 Å². The quantitative estimate of drug-likeness (QED) is 0.699. The summed E-state index contributed by atoms with van der Waals surface area (Å²) < 4.78 is 10.9. The van der Waals surface area contributed by atoms with E-state index in [0.717, 1.165) is 0 Å². The number of phenols is 1. The number of rotatable bonds is 1. The maximum Gasteiger partial charge on any atom is 0.231 e. The molecule has 0 spiro atoms. The van der Waals surface area contributed by atoms with Crippen molar-refractivity contribution in [2.24, 2.45) is 0 Å². The summed E-state index contributed by atoms with van der Waals surface area (Å²) in [6, 6.07) is 11.1. The number of carbonyl (C=O) groups excluding carboxylic acids is 1. The van der Waals surface area contributed by atoms with Crippen LogP contribution in [0.2, 0.25) is 0 Å². The molecule has 0 amide bonds. The van der Waals surface area contributed by atoms with Gasteiger partial charge in [0, 0.05) is 6.07 Å². The summed E-state index contributed by atoms with van der Waals surface area (Å²) in [6.07, 6.45) is 2.66. The molecule has 1 aliphatic heterocycles. The van der Waals surface area contributed by atoms with Gasteiger partial charge in [0.15, 0.2) is 11.2 Å². The summed E-state index contributed by atoms with van der Waals surface area (Å²) >= 11 is 0. The van der Waals surface area contributed by atoms with Gasteiger partial charge < -0.3 is 14.3 Å². The van der Waals surface area contributed by atoms with E-state index in [2.05, 4.69) is 0 Å². The monoisotopic (exact) mass is 306 g/mol. The molecule has 0 saturated carbocycles. The predicted octanol–water partition coefficient (Wildman–Crippen LogP) is 3.11. The fourth-order valence-corrected chi connectivity index (χ4v) is 2.51. The van der Waals surface area contributed by atoms with Crippen LogP contribution in [-0.4, -0.2) is 10.9 Å². The van der Waals surface area contributed by atoms with Gasteiger partial charge >= 0.3 is 0 Å². The maximum absolute atomic E-state index is 12.4. The van der Waals surface area contributed by atoms with Gasteiger partial charge in [0.25, 0.3) is 0 Å². The van der Waals surface area contributed by atoms with Crippen LogP contribution >= 0.6 is 0 Å². The lowest BCUT2D eigenvalue weighted by Crippen LogP contribution is -2.07. The zero-order chi connectivity index (χ0) is 16.0. The average molecular weight is 306 g/mol. The second kappa shape index (κ2) is 4.84. The molecule has 0 unspecified atom stereocenters. The Kier molecular flexibility index (Phi) is 2.81. The highest BCUT2D eigenvalue weighted by atomic mass is 16.5. The maximum atomic E-state index is 12.4. The number of hydrogen-bond donors (Lipinski definition) is 1. The van der Waals surface area contributed by atoms with Crippen LogP contribution in [0.4, 0.5) is 0 Å². The van der Waals surface area contributed by atoms with E-state index in [4.69, 9.17) is 9.15 Å². The van der Waals surface area contributed by atoms with Crippen molar-refractivity contribution in [3.05, 3.63) is 75.8 Å². The van der Waals surface area contributed by atoms with E-state index in [0.29, 0.717) is 16.5 Å². The zero-order valence-electron chi connectivity index (χ0n) is 11.8. The largest absolute Gasteiger partial charge is 0.508 e. The Bertz CT molecular complexity index is 1040. The molecule has 112 valence electrons. The van der Waals surface area contributed by atoms with Gasteiger partial charge in [-0.15, -0.1) is 0 Å². The molecule has 5 nitrogen and oxygen atoms in total. The van der Waals surface area contributed by atoms with E-state index in [9.17, 15) is 14.7 Å². The van der Waals surface area contributed by atoms with Crippen molar-refractivity contribution in [3.8, 4) is 11.5 Å². The standard InChI is InChI=1S/C18H10O5/c19-11-5-6-13-15(8-11)23-16(18(13)21)7-10-9-22-14-4-2-1-3-12(14)17(10)20/h1-9,19H/b16-7+. The summed E-state index contributed by atoms with van der Waals surface area (Å²) in [5.74, 6) is -0.0461. The van der Waals surface area contributed by atoms with Crippen LogP contribution in [0.5, 0.6) is 11.5 Å². The molecule has 2 aromatic carbocycles. The van der Waals surface area contributed by atoms with Gasteiger partial charge in [-0.25, -0.2) is 0 Å². The van der Waals surface area contributed by atoms with E-state index in [-0.39, 0.29) is 34.0 Å². The highest BCUT2D eigenvalue weighted by Crippen LogP contribution is 2.34. The molecule has 0 fully saturated rings. The third-order valence-electron chi connectivity index (χ3n) is 3.65. The topological polar surface area (TPSA) is 76.7 Å². The molecule has 0 atom stereocenters. The summed E-state index contributed by atoms with van der Waals surface area (Å²) in [5, 5.41) is 9.88. The number of para-hydroxylation sites is 1. The van der Waals surface area contributed by atoms with E-state index >= 15 is 0 Å². The summed E-state index contributed by atoms with van der Waals surface area (Å²) in [4.78, 5) is 24.7. The van der Waals surface area contributed by atoms with Gasteiger partial charge in [-0.05, 0) is 30.3 Å². The first-order chi connectivity index (χ1) is 11.1. The summed E-state index contributed by atoms with van der Waals surface area (Å²) in [6.45, 7) is 0. The molecular formula is C18H10O5. The number of carbonyl (C=O) groups is 1.